The lowest BCUT2D eigenvalue weighted by atomic mass is 10.1. The zero-order valence-corrected chi connectivity index (χ0v) is 19.6. The molecule has 0 radical (unpaired) electrons. The molecule has 0 aliphatic rings. The van der Waals surface area contributed by atoms with Crippen molar-refractivity contribution in [2.24, 2.45) is 0 Å². The number of methoxy groups -OCH3 is 1. The summed E-state index contributed by atoms with van der Waals surface area (Å²) in [4.78, 5) is 32.4. The minimum absolute atomic E-state index is 0.0847. The summed E-state index contributed by atoms with van der Waals surface area (Å²) in [6, 6.07) is 5.90. The molecule has 0 unspecified atom stereocenters. The van der Waals surface area contributed by atoms with Gasteiger partial charge in [0, 0.05) is 25.1 Å². The van der Waals surface area contributed by atoms with E-state index in [0.717, 1.165) is 38.5 Å². The number of hydrogen-bond acceptors (Lipinski definition) is 6. The van der Waals surface area contributed by atoms with Gasteiger partial charge in [-0.05, 0) is 56.9 Å². The van der Waals surface area contributed by atoms with E-state index >= 15 is 0 Å². The summed E-state index contributed by atoms with van der Waals surface area (Å²) >= 11 is 2.81. The van der Waals surface area contributed by atoms with Crippen molar-refractivity contribution in [2.75, 3.05) is 26.0 Å². The van der Waals surface area contributed by atoms with E-state index in [-0.39, 0.29) is 17.2 Å². The van der Waals surface area contributed by atoms with Crippen LogP contribution in [0.15, 0.2) is 28.2 Å². The second kappa shape index (κ2) is 9.76. The van der Waals surface area contributed by atoms with Gasteiger partial charge in [-0.1, -0.05) is 23.9 Å². The number of hydrogen-bond donors (Lipinski definition) is 1. The summed E-state index contributed by atoms with van der Waals surface area (Å²) < 4.78 is 6.66. The average Bonchev–Trinajstić information content (AvgIpc) is 3.00. The van der Waals surface area contributed by atoms with Crippen molar-refractivity contribution in [1.29, 1.82) is 0 Å². The molecule has 0 bridgehead atoms. The molecule has 0 fully saturated rings. The number of fused-ring (bicyclic) bond motifs is 1. The van der Waals surface area contributed by atoms with Crippen molar-refractivity contribution < 1.29 is 9.53 Å². The van der Waals surface area contributed by atoms with Crippen LogP contribution in [0.4, 0.5) is 0 Å². The number of amides is 1. The van der Waals surface area contributed by atoms with Crippen LogP contribution in [0.3, 0.4) is 0 Å². The molecule has 2 heterocycles. The van der Waals surface area contributed by atoms with Crippen molar-refractivity contribution in [2.45, 2.75) is 39.3 Å². The van der Waals surface area contributed by atoms with Gasteiger partial charge < -0.3 is 10.1 Å². The molecule has 3 aromatic rings. The first-order valence-electron chi connectivity index (χ1n) is 9.83. The van der Waals surface area contributed by atoms with Gasteiger partial charge in [0.05, 0.1) is 16.8 Å². The Morgan fingerprint density at radius 3 is 2.73 bits per heavy atom. The first-order chi connectivity index (χ1) is 14.3. The van der Waals surface area contributed by atoms with Crippen LogP contribution in [0, 0.1) is 27.7 Å². The van der Waals surface area contributed by atoms with Crippen LogP contribution < -0.4 is 10.9 Å². The molecule has 0 saturated carbocycles. The third kappa shape index (κ3) is 4.61. The maximum Gasteiger partial charge on any atom is 0.267 e. The number of carbonyl (C=O) groups is 1. The second-order valence-electron chi connectivity index (χ2n) is 7.20. The molecule has 160 valence electrons. The minimum Gasteiger partial charge on any atom is -0.385 e. The molecular formula is C22H27N3O3S2. The third-order valence-electron chi connectivity index (χ3n) is 5.17. The predicted octanol–water partition coefficient (Wildman–Crippen LogP) is 3.93. The van der Waals surface area contributed by atoms with Crippen LogP contribution in [0.5, 0.6) is 0 Å². The van der Waals surface area contributed by atoms with Gasteiger partial charge in [-0.25, -0.2) is 4.98 Å². The lowest BCUT2D eigenvalue weighted by Crippen LogP contribution is -2.28. The Bertz CT molecular complexity index is 1130. The van der Waals surface area contributed by atoms with Gasteiger partial charge in [0.1, 0.15) is 4.83 Å². The lowest BCUT2D eigenvalue weighted by Gasteiger charge is -2.15. The van der Waals surface area contributed by atoms with Crippen molar-refractivity contribution in [3.63, 3.8) is 0 Å². The monoisotopic (exact) mass is 445 g/mol. The summed E-state index contributed by atoms with van der Waals surface area (Å²) in [7, 11) is 1.64. The van der Waals surface area contributed by atoms with Crippen LogP contribution >= 0.6 is 23.1 Å². The summed E-state index contributed by atoms with van der Waals surface area (Å²) in [5.41, 5.74) is 3.82. The van der Waals surface area contributed by atoms with E-state index in [1.165, 1.54) is 23.1 Å². The van der Waals surface area contributed by atoms with Gasteiger partial charge in [-0.3, -0.25) is 14.2 Å². The molecule has 0 atom stereocenters. The number of aromatic nitrogens is 2. The van der Waals surface area contributed by atoms with Gasteiger partial charge in [0.25, 0.3) is 5.56 Å². The Morgan fingerprint density at radius 2 is 2.00 bits per heavy atom. The Labute approximate surface area is 184 Å². The number of carbonyl (C=O) groups excluding carboxylic acids is 1. The fourth-order valence-electron chi connectivity index (χ4n) is 3.19. The molecular weight excluding hydrogens is 418 g/mol. The third-order valence-corrected chi connectivity index (χ3v) is 7.21. The standard InChI is InChI=1S/C22H27N3O3S2/c1-13-8-6-9-17(14(13)2)25-21(27)19-15(3)16(4)30-20(19)24-22(25)29-12-18(26)23-10-7-11-28-5/h6,8-9H,7,10-12H2,1-5H3,(H,23,26). The average molecular weight is 446 g/mol. The van der Waals surface area contributed by atoms with Gasteiger partial charge in [0.2, 0.25) is 5.91 Å². The van der Waals surface area contributed by atoms with Crippen molar-refractivity contribution >= 4 is 39.2 Å². The van der Waals surface area contributed by atoms with Crippen LogP contribution in [0.25, 0.3) is 15.9 Å². The highest BCUT2D eigenvalue weighted by Gasteiger charge is 2.20. The molecule has 8 heteroatoms. The summed E-state index contributed by atoms with van der Waals surface area (Å²) in [6.45, 7) is 9.16. The smallest absolute Gasteiger partial charge is 0.267 e. The Balaban J connectivity index is 2.01. The number of nitrogens with one attached hydrogen (secondary N) is 1. The van der Waals surface area contributed by atoms with Gasteiger partial charge in [-0.15, -0.1) is 11.3 Å². The summed E-state index contributed by atoms with van der Waals surface area (Å²) in [5, 5.41) is 4.08. The summed E-state index contributed by atoms with van der Waals surface area (Å²) in [5.74, 6) is 0.107. The number of ether oxygens (including phenoxy) is 1. The van der Waals surface area contributed by atoms with E-state index < -0.39 is 0 Å². The van der Waals surface area contributed by atoms with Crippen LogP contribution in [0.2, 0.25) is 0 Å². The molecule has 0 spiro atoms. The lowest BCUT2D eigenvalue weighted by molar-refractivity contribution is -0.118. The molecule has 0 aliphatic carbocycles. The Hall–Kier alpha value is -2.16. The Kier molecular flexibility index (Phi) is 7.33. The van der Waals surface area contributed by atoms with Gasteiger partial charge in [0.15, 0.2) is 5.16 Å². The highest BCUT2D eigenvalue weighted by Crippen LogP contribution is 2.30. The van der Waals surface area contributed by atoms with Crippen LogP contribution in [-0.4, -0.2) is 41.5 Å². The molecule has 3 rings (SSSR count). The molecule has 30 heavy (non-hydrogen) atoms. The number of aryl methyl sites for hydroxylation is 3. The maximum absolute atomic E-state index is 13.5. The molecule has 2 aromatic heterocycles. The van der Waals surface area contributed by atoms with Crippen LogP contribution in [-0.2, 0) is 9.53 Å². The van der Waals surface area contributed by atoms with Gasteiger partial charge >= 0.3 is 0 Å². The van der Waals surface area contributed by atoms with E-state index in [1.54, 1.807) is 11.7 Å². The highest BCUT2D eigenvalue weighted by molar-refractivity contribution is 7.99. The molecule has 1 aromatic carbocycles. The fourth-order valence-corrected chi connectivity index (χ4v) is 5.09. The largest absolute Gasteiger partial charge is 0.385 e. The minimum atomic E-state index is -0.0866. The quantitative estimate of drug-likeness (QED) is 0.323. The number of benzene rings is 1. The fraction of sp³-hybridized carbons (Fsp3) is 0.409. The zero-order chi connectivity index (χ0) is 21.8. The van der Waals surface area contributed by atoms with E-state index in [2.05, 4.69) is 5.32 Å². The summed E-state index contributed by atoms with van der Waals surface area (Å²) in [6.07, 6.45) is 0.762. The van der Waals surface area contributed by atoms with E-state index in [0.29, 0.717) is 23.7 Å². The first kappa shape index (κ1) is 22.5. The highest BCUT2D eigenvalue weighted by atomic mass is 32.2. The molecule has 1 N–H and O–H groups in total. The SMILES string of the molecule is COCCCNC(=O)CSc1nc2sc(C)c(C)c2c(=O)n1-c1cccc(C)c1C. The molecule has 0 aliphatic heterocycles. The van der Waals surface area contributed by atoms with Crippen LogP contribution in [0.1, 0.15) is 28.0 Å². The Morgan fingerprint density at radius 1 is 1.23 bits per heavy atom. The second-order valence-corrected chi connectivity index (χ2v) is 9.35. The van der Waals surface area contributed by atoms with E-state index in [1.807, 2.05) is 45.9 Å². The molecule has 6 nitrogen and oxygen atoms in total. The maximum atomic E-state index is 13.5. The topological polar surface area (TPSA) is 73.2 Å². The van der Waals surface area contributed by atoms with Crippen molar-refractivity contribution in [3.8, 4) is 5.69 Å². The zero-order valence-electron chi connectivity index (χ0n) is 18.0. The molecule has 0 saturated heterocycles. The van der Waals surface area contributed by atoms with E-state index in [4.69, 9.17) is 9.72 Å². The normalized spacial score (nSPS) is 11.2. The van der Waals surface area contributed by atoms with Gasteiger partial charge in [-0.2, -0.15) is 0 Å². The van der Waals surface area contributed by atoms with Crippen molar-refractivity contribution in [3.05, 3.63) is 50.1 Å². The molecule has 1 amide bonds. The van der Waals surface area contributed by atoms with E-state index in [9.17, 15) is 9.59 Å². The number of nitrogens with zero attached hydrogens (tertiary/aromatic N) is 2. The number of thioether (sulfide) groups is 1. The first-order valence-corrected chi connectivity index (χ1v) is 11.6. The predicted molar refractivity (Wildman–Crippen MR) is 124 cm³/mol. The van der Waals surface area contributed by atoms with Crippen molar-refractivity contribution in [1.82, 2.24) is 14.9 Å². The number of thiophene rings is 1. The number of rotatable bonds is 8.